The Balaban J connectivity index is 2.24. The van der Waals surface area contributed by atoms with Crippen LogP contribution in [0.15, 0.2) is 24.3 Å². The van der Waals surface area contributed by atoms with Crippen molar-refractivity contribution in [1.82, 2.24) is 0 Å². The van der Waals surface area contributed by atoms with Gasteiger partial charge in [0.25, 0.3) is 0 Å². The van der Waals surface area contributed by atoms with Crippen LogP contribution in [0.1, 0.15) is 30.1 Å². The predicted octanol–water partition coefficient (Wildman–Crippen LogP) is 1.77. The van der Waals surface area contributed by atoms with Crippen LogP contribution in [-0.2, 0) is 9.59 Å². The predicted molar refractivity (Wildman–Crippen MR) is 59.8 cm³/mol. The molecular weight excluding hydrogens is 220 g/mol. The van der Waals surface area contributed by atoms with Crippen LogP contribution in [0.2, 0.25) is 0 Å². The SMILES string of the molecule is CC(=O)CCC1C(=O)Oc2ccccc2C1=O. The van der Waals surface area contributed by atoms with Gasteiger partial charge in [-0.05, 0) is 25.5 Å². The van der Waals surface area contributed by atoms with E-state index < -0.39 is 11.9 Å². The molecule has 0 spiro atoms. The number of fused-ring (bicyclic) bond motifs is 1. The molecule has 1 unspecified atom stereocenters. The molecule has 0 amide bonds. The first-order valence-corrected chi connectivity index (χ1v) is 5.44. The normalized spacial score (nSPS) is 18.5. The zero-order valence-electron chi connectivity index (χ0n) is 9.43. The summed E-state index contributed by atoms with van der Waals surface area (Å²) in [4.78, 5) is 34.5. The summed E-state index contributed by atoms with van der Waals surface area (Å²) in [5.74, 6) is -1.38. The number of Topliss-reactive ketones (excluding diaryl/α,β-unsaturated/α-hetero) is 2. The molecule has 0 saturated heterocycles. The quantitative estimate of drug-likeness (QED) is 0.452. The topological polar surface area (TPSA) is 60.4 Å². The summed E-state index contributed by atoms with van der Waals surface area (Å²) in [6, 6.07) is 6.64. The van der Waals surface area contributed by atoms with E-state index >= 15 is 0 Å². The minimum atomic E-state index is -0.839. The Kier molecular flexibility index (Phi) is 3.04. The maximum atomic E-state index is 12.0. The van der Waals surface area contributed by atoms with Gasteiger partial charge in [-0.25, -0.2) is 0 Å². The van der Waals surface area contributed by atoms with E-state index in [1.54, 1.807) is 24.3 Å². The fourth-order valence-electron chi connectivity index (χ4n) is 1.83. The van der Waals surface area contributed by atoms with E-state index in [0.717, 1.165) is 0 Å². The fraction of sp³-hybridized carbons (Fsp3) is 0.308. The number of ether oxygens (including phenoxy) is 1. The Morgan fingerprint density at radius 2 is 2.00 bits per heavy atom. The lowest BCUT2D eigenvalue weighted by molar-refractivity contribution is -0.138. The van der Waals surface area contributed by atoms with Crippen molar-refractivity contribution in [3.63, 3.8) is 0 Å². The first kappa shape index (κ1) is 11.5. The lowest BCUT2D eigenvalue weighted by Gasteiger charge is -2.21. The van der Waals surface area contributed by atoms with Crippen molar-refractivity contribution in [1.29, 1.82) is 0 Å². The van der Waals surface area contributed by atoms with Crippen LogP contribution < -0.4 is 4.74 Å². The molecule has 4 nitrogen and oxygen atoms in total. The van der Waals surface area contributed by atoms with Crippen molar-refractivity contribution >= 4 is 17.5 Å². The third-order valence-electron chi connectivity index (χ3n) is 2.75. The van der Waals surface area contributed by atoms with E-state index in [1.807, 2.05) is 0 Å². The van der Waals surface area contributed by atoms with Crippen molar-refractivity contribution in [2.75, 3.05) is 0 Å². The summed E-state index contributed by atoms with van der Waals surface area (Å²) in [5, 5.41) is 0. The number of ketones is 2. The molecule has 0 radical (unpaired) electrons. The number of para-hydroxylation sites is 1. The molecule has 4 heteroatoms. The Morgan fingerprint density at radius 3 is 2.71 bits per heavy atom. The highest BCUT2D eigenvalue weighted by Crippen LogP contribution is 2.29. The van der Waals surface area contributed by atoms with Crippen molar-refractivity contribution in [2.45, 2.75) is 19.8 Å². The van der Waals surface area contributed by atoms with E-state index in [9.17, 15) is 14.4 Å². The van der Waals surface area contributed by atoms with Crippen molar-refractivity contribution in [3.05, 3.63) is 29.8 Å². The van der Waals surface area contributed by atoms with Gasteiger partial charge in [0, 0.05) is 6.42 Å². The summed E-state index contributed by atoms with van der Waals surface area (Å²) in [5.41, 5.74) is 0.417. The number of esters is 1. The Labute approximate surface area is 98.6 Å². The molecule has 1 heterocycles. The average molecular weight is 232 g/mol. The van der Waals surface area contributed by atoms with Gasteiger partial charge in [0.2, 0.25) is 0 Å². The van der Waals surface area contributed by atoms with E-state index in [-0.39, 0.29) is 24.4 Å². The molecule has 1 aliphatic rings. The highest BCUT2D eigenvalue weighted by Gasteiger charge is 2.35. The molecule has 0 N–H and O–H groups in total. The van der Waals surface area contributed by atoms with Gasteiger partial charge in [-0.3, -0.25) is 9.59 Å². The molecule has 0 aliphatic carbocycles. The molecule has 0 aromatic heterocycles. The zero-order valence-corrected chi connectivity index (χ0v) is 9.43. The number of carbonyl (C=O) groups excluding carboxylic acids is 3. The lowest BCUT2D eigenvalue weighted by atomic mass is 9.90. The fourth-order valence-corrected chi connectivity index (χ4v) is 1.83. The monoisotopic (exact) mass is 232 g/mol. The zero-order chi connectivity index (χ0) is 12.4. The number of benzene rings is 1. The largest absolute Gasteiger partial charge is 0.425 e. The molecule has 1 aromatic rings. The van der Waals surface area contributed by atoms with Gasteiger partial charge in [-0.15, -0.1) is 0 Å². The highest BCUT2D eigenvalue weighted by molar-refractivity contribution is 6.13. The number of carbonyl (C=O) groups is 3. The summed E-state index contributed by atoms with van der Waals surface area (Å²) in [6.45, 7) is 1.44. The van der Waals surface area contributed by atoms with E-state index in [1.165, 1.54) is 6.92 Å². The Hall–Kier alpha value is -1.97. The first-order valence-electron chi connectivity index (χ1n) is 5.44. The third kappa shape index (κ3) is 2.25. The molecule has 0 saturated carbocycles. The second-order valence-electron chi connectivity index (χ2n) is 4.07. The van der Waals surface area contributed by atoms with Crippen LogP contribution in [0.5, 0.6) is 5.75 Å². The van der Waals surface area contributed by atoms with E-state index in [4.69, 9.17) is 4.74 Å². The lowest BCUT2D eigenvalue weighted by Crippen LogP contribution is -2.33. The molecule has 2 rings (SSSR count). The standard InChI is InChI=1S/C13H12O4/c1-8(14)6-7-10-12(15)9-4-2-3-5-11(9)17-13(10)16/h2-5,10H,6-7H2,1H3. The van der Waals surface area contributed by atoms with Crippen LogP contribution in [-0.4, -0.2) is 17.5 Å². The Morgan fingerprint density at radius 1 is 1.29 bits per heavy atom. The van der Waals surface area contributed by atoms with Gasteiger partial charge in [0.15, 0.2) is 5.78 Å². The summed E-state index contributed by atoms with van der Waals surface area (Å²) < 4.78 is 5.08. The molecular formula is C13H12O4. The van der Waals surface area contributed by atoms with E-state index in [2.05, 4.69) is 0 Å². The van der Waals surface area contributed by atoms with Crippen LogP contribution in [0.4, 0.5) is 0 Å². The Bertz CT molecular complexity index is 490. The minimum absolute atomic E-state index is 0.0375. The van der Waals surface area contributed by atoms with Crippen molar-refractivity contribution in [2.24, 2.45) is 5.92 Å². The minimum Gasteiger partial charge on any atom is -0.425 e. The van der Waals surface area contributed by atoms with Gasteiger partial charge >= 0.3 is 5.97 Å². The molecule has 17 heavy (non-hydrogen) atoms. The maximum Gasteiger partial charge on any atom is 0.322 e. The average Bonchev–Trinajstić information content (AvgIpc) is 2.28. The first-order chi connectivity index (χ1) is 8.09. The maximum absolute atomic E-state index is 12.0. The highest BCUT2D eigenvalue weighted by atomic mass is 16.5. The van der Waals surface area contributed by atoms with Crippen molar-refractivity contribution in [3.8, 4) is 5.75 Å². The summed E-state index contributed by atoms with van der Waals surface area (Å²) in [6.07, 6.45) is 0.439. The van der Waals surface area contributed by atoms with Crippen LogP contribution >= 0.6 is 0 Å². The van der Waals surface area contributed by atoms with Crippen LogP contribution in [0.25, 0.3) is 0 Å². The van der Waals surface area contributed by atoms with Gasteiger partial charge in [0.05, 0.1) is 5.56 Å². The second kappa shape index (κ2) is 4.49. The van der Waals surface area contributed by atoms with Crippen LogP contribution in [0, 0.1) is 5.92 Å². The molecule has 0 fully saturated rings. The summed E-state index contributed by atoms with van der Waals surface area (Å²) in [7, 11) is 0. The van der Waals surface area contributed by atoms with Gasteiger partial charge in [-0.1, -0.05) is 12.1 Å². The molecule has 1 aromatic carbocycles. The van der Waals surface area contributed by atoms with Crippen LogP contribution in [0.3, 0.4) is 0 Å². The van der Waals surface area contributed by atoms with E-state index in [0.29, 0.717) is 11.3 Å². The molecule has 1 atom stereocenters. The van der Waals surface area contributed by atoms with Crippen molar-refractivity contribution < 1.29 is 19.1 Å². The van der Waals surface area contributed by atoms with Gasteiger partial charge < -0.3 is 9.53 Å². The molecule has 0 bridgehead atoms. The molecule has 88 valence electrons. The number of rotatable bonds is 3. The molecule has 1 aliphatic heterocycles. The third-order valence-corrected chi connectivity index (χ3v) is 2.75. The van der Waals surface area contributed by atoms with Gasteiger partial charge in [-0.2, -0.15) is 0 Å². The smallest absolute Gasteiger partial charge is 0.322 e. The number of hydrogen-bond donors (Lipinski definition) is 0. The summed E-state index contributed by atoms with van der Waals surface area (Å²) >= 11 is 0. The second-order valence-corrected chi connectivity index (χ2v) is 4.07. The number of hydrogen-bond acceptors (Lipinski definition) is 4. The van der Waals surface area contributed by atoms with Gasteiger partial charge in [0.1, 0.15) is 17.5 Å².